The van der Waals surface area contributed by atoms with Gasteiger partial charge in [0.05, 0.1) is 0 Å². The van der Waals surface area contributed by atoms with Crippen molar-refractivity contribution in [1.82, 2.24) is 4.90 Å². The van der Waals surface area contributed by atoms with Gasteiger partial charge in [0.15, 0.2) is 0 Å². The van der Waals surface area contributed by atoms with E-state index in [-0.39, 0.29) is 6.54 Å². The fourth-order valence-corrected chi connectivity index (χ4v) is 2.75. The van der Waals surface area contributed by atoms with Crippen molar-refractivity contribution >= 4 is 11.9 Å². The largest absolute Gasteiger partial charge is 0.480 e. The van der Waals surface area contributed by atoms with Gasteiger partial charge in [0, 0.05) is 25.4 Å². The Balaban J connectivity index is 2.14. The van der Waals surface area contributed by atoms with E-state index in [1.165, 1.54) is 0 Å². The molecule has 1 N–H and O–H groups in total. The minimum atomic E-state index is -2.36. The molecule has 4 nitrogen and oxygen atoms in total. The molecule has 2 rings (SSSR count). The second-order valence-electron chi connectivity index (χ2n) is 6.39. The summed E-state index contributed by atoms with van der Waals surface area (Å²) in [5.41, 5.74) is 2.55. The summed E-state index contributed by atoms with van der Waals surface area (Å²) in [6.07, 6.45) is -0.583. The van der Waals surface area contributed by atoms with Crippen LogP contribution in [0.2, 0.25) is 0 Å². The zero-order valence-corrected chi connectivity index (χ0v) is 15.9. The van der Waals surface area contributed by atoms with E-state index in [9.17, 15) is 14.7 Å². The van der Waals surface area contributed by atoms with Crippen molar-refractivity contribution in [3.8, 4) is 11.8 Å². The molecule has 1 amide bonds. The topological polar surface area (TPSA) is 57.6 Å². The van der Waals surface area contributed by atoms with Crippen LogP contribution >= 0.6 is 0 Å². The monoisotopic (exact) mass is 382 g/mol. The first kappa shape index (κ1) is 14.9. The Morgan fingerprint density at radius 2 is 1.71 bits per heavy atom. The molecule has 146 valence electrons. The Bertz CT molecular complexity index is 1020. The molecular weight excluding hydrogens is 350 g/mol. The Labute approximate surface area is 174 Å². The summed E-state index contributed by atoms with van der Waals surface area (Å²) >= 11 is 0. The lowest BCUT2D eigenvalue weighted by Gasteiger charge is -2.21. The molecule has 0 heterocycles. The molecule has 2 aromatic rings. The maximum absolute atomic E-state index is 12.9. The van der Waals surface area contributed by atoms with Crippen molar-refractivity contribution in [3.05, 3.63) is 70.8 Å². The number of benzene rings is 2. The number of aliphatic carboxylic acids is 1. The number of carboxylic acid groups (broad SMARTS) is 1. The number of rotatable bonds is 9. The van der Waals surface area contributed by atoms with Crippen LogP contribution in [0, 0.1) is 11.8 Å². The number of carboxylic acids is 1. The van der Waals surface area contributed by atoms with Gasteiger partial charge in [-0.1, -0.05) is 55.7 Å². The van der Waals surface area contributed by atoms with Gasteiger partial charge in [-0.3, -0.25) is 9.59 Å². The van der Waals surface area contributed by atoms with Crippen LogP contribution in [0.3, 0.4) is 0 Å². The number of nitrogens with zero attached hydrogens (tertiary/aromatic N) is 1. The summed E-state index contributed by atoms with van der Waals surface area (Å²) in [7, 11) is 0. The molecule has 0 saturated carbocycles. The van der Waals surface area contributed by atoms with Crippen molar-refractivity contribution in [1.29, 1.82) is 0 Å². The molecule has 0 bridgehead atoms. The van der Waals surface area contributed by atoms with Gasteiger partial charge in [-0.15, -0.1) is 5.92 Å². The highest BCUT2D eigenvalue weighted by molar-refractivity contribution is 5.81. The van der Waals surface area contributed by atoms with Crippen LogP contribution in [0.5, 0.6) is 0 Å². The number of carbonyl (C=O) groups excluding carboxylic acids is 1. The summed E-state index contributed by atoms with van der Waals surface area (Å²) < 4.78 is 38.1. The first-order valence-corrected chi connectivity index (χ1v) is 9.11. The van der Waals surface area contributed by atoms with Crippen LogP contribution < -0.4 is 0 Å². The zero-order valence-electron chi connectivity index (χ0n) is 20.9. The first-order chi connectivity index (χ1) is 15.4. The Morgan fingerprint density at radius 1 is 1.07 bits per heavy atom. The normalized spacial score (nSPS) is 13.7. The van der Waals surface area contributed by atoms with E-state index in [1.54, 1.807) is 36.4 Å². The van der Waals surface area contributed by atoms with Crippen molar-refractivity contribution in [3.63, 3.8) is 0 Å². The average Bonchev–Trinajstić information content (AvgIpc) is 2.72. The summed E-state index contributed by atoms with van der Waals surface area (Å²) in [6.45, 7) is -0.894. The third-order valence-corrected chi connectivity index (χ3v) is 4.15. The lowest BCUT2D eigenvalue weighted by Crippen LogP contribution is -2.35. The van der Waals surface area contributed by atoms with Crippen LogP contribution in [0.4, 0.5) is 0 Å². The van der Waals surface area contributed by atoms with Crippen molar-refractivity contribution in [2.45, 2.75) is 46.0 Å². The molecular formula is C24H27NO3. The van der Waals surface area contributed by atoms with Gasteiger partial charge in [0.2, 0.25) is 5.91 Å². The third kappa shape index (κ3) is 6.92. The van der Waals surface area contributed by atoms with E-state index in [1.807, 2.05) is 12.1 Å². The molecule has 0 aliphatic heterocycles. The van der Waals surface area contributed by atoms with Crippen molar-refractivity contribution < 1.29 is 21.5 Å². The summed E-state index contributed by atoms with van der Waals surface area (Å²) in [6, 6.07) is 13.5. The van der Waals surface area contributed by atoms with Gasteiger partial charge in [-0.05, 0) is 48.5 Å². The quantitative estimate of drug-likeness (QED) is 0.666. The third-order valence-electron chi connectivity index (χ3n) is 4.15. The smallest absolute Gasteiger partial charge is 0.323 e. The zero-order chi connectivity index (χ0) is 24.6. The molecule has 0 aliphatic rings. The summed E-state index contributed by atoms with van der Waals surface area (Å²) in [5, 5.41) is 9.24. The molecule has 0 unspecified atom stereocenters. The van der Waals surface area contributed by atoms with Crippen LogP contribution in [-0.4, -0.2) is 28.4 Å². The highest BCUT2D eigenvalue weighted by Gasteiger charge is 2.17. The number of aryl methyl sites for hydroxylation is 2. The van der Waals surface area contributed by atoms with E-state index >= 15 is 0 Å². The van der Waals surface area contributed by atoms with Gasteiger partial charge in [-0.25, -0.2) is 0 Å². The lowest BCUT2D eigenvalue weighted by atomic mass is 10.0. The number of hydrogen-bond acceptors (Lipinski definition) is 2. The summed E-state index contributed by atoms with van der Waals surface area (Å²) in [5.74, 6) is 2.88. The second-order valence-corrected chi connectivity index (χ2v) is 6.39. The van der Waals surface area contributed by atoms with E-state index in [0.717, 1.165) is 23.3 Å². The molecule has 0 atom stereocenters. The van der Waals surface area contributed by atoms with Crippen LogP contribution in [0.25, 0.3) is 0 Å². The minimum absolute atomic E-state index is 0.0242. The van der Waals surface area contributed by atoms with Crippen molar-refractivity contribution in [2.24, 2.45) is 0 Å². The molecule has 0 saturated heterocycles. The lowest BCUT2D eigenvalue weighted by molar-refractivity contribution is -0.144. The predicted molar refractivity (Wildman–Crippen MR) is 111 cm³/mol. The summed E-state index contributed by atoms with van der Waals surface area (Å²) in [4.78, 5) is 25.3. The average molecular weight is 383 g/mol. The highest BCUT2D eigenvalue weighted by atomic mass is 16.4. The maximum atomic E-state index is 12.9. The number of amides is 1. The first-order valence-electron chi connectivity index (χ1n) is 11.6. The van der Waals surface area contributed by atoms with Crippen molar-refractivity contribution in [2.75, 3.05) is 6.54 Å². The number of hydrogen-bond donors (Lipinski definition) is 1. The Morgan fingerprint density at radius 3 is 2.32 bits per heavy atom. The highest BCUT2D eigenvalue weighted by Crippen LogP contribution is 2.12. The van der Waals surface area contributed by atoms with E-state index in [2.05, 4.69) is 18.8 Å². The molecule has 0 spiro atoms. The van der Waals surface area contributed by atoms with Crippen LogP contribution in [0.1, 0.15) is 55.7 Å². The fraction of sp³-hybridized carbons (Fsp3) is 0.333. The molecule has 0 aliphatic carbocycles. The van der Waals surface area contributed by atoms with Crippen LogP contribution in [-0.2, 0) is 28.9 Å². The van der Waals surface area contributed by atoms with Gasteiger partial charge in [0.1, 0.15) is 6.54 Å². The van der Waals surface area contributed by atoms with E-state index in [4.69, 9.17) is 6.85 Å². The van der Waals surface area contributed by atoms with Gasteiger partial charge >= 0.3 is 5.97 Å². The molecule has 28 heavy (non-hydrogen) atoms. The standard InChI is InChI=1S/C24H27NO3/c1-3-5-19-7-9-21(10-8-19)15-16-23(26)25(18-24(27)28)17-22-13-11-20(6-4-2)12-14-22/h7-14H,3,5,15-18H2,1-2H3,(H,27,28)/i2D3,15D2. The fourth-order valence-electron chi connectivity index (χ4n) is 2.75. The molecule has 0 fully saturated rings. The predicted octanol–water partition coefficient (Wildman–Crippen LogP) is 4.06. The van der Waals surface area contributed by atoms with Crippen LogP contribution in [0.15, 0.2) is 48.5 Å². The minimum Gasteiger partial charge on any atom is -0.480 e. The molecule has 2 aromatic carbocycles. The second kappa shape index (κ2) is 10.9. The Kier molecular flexibility index (Phi) is 5.83. The van der Waals surface area contributed by atoms with E-state index in [0.29, 0.717) is 16.7 Å². The SMILES string of the molecule is [2H]C([2H])([2H])C#Cc1ccc(CN(CC(=O)O)C(=O)CC([2H])([2H])c2ccc(CCC)cc2)cc1. The van der Waals surface area contributed by atoms with E-state index < -0.39 is 38.1 Å². The van der Waals surface area contributed by atoms with Gasteiger partial charge in [0.25, 0.3) is 0 Å². The number of carbonyl (C=O) groups is 2. The Hall–Kier alpha value is -3.06. The molecule has 4 heteroatoms. The van der Waals surface area contributed by atoms with Gasteiger partial charge < -0.3 is 10.0 Å². The molecule has 0 aromatic heterocycles. The van der Waals surface area contributed by atoms with Gasteiger partial charge in [-0.2, -0.15) is 0 Å². The molecule has 0 radical (unpaired) electrons. The maximum Gasteiger partial charge on any atom is 0.323 e.